The van der Waals surface area contributed by atoms with Crippen molar-refractivity contribution in [1.29, 1.82) is 0 Å². The Labute approximate surface area is 201 Å². The molecule has 0 radical (unpaired) electrons. The molecule has 4 aliphatic carbocycles. The van der Waals surface area contributed by atoms with Crippen molar-refractivity contribution in [2.75, 3.05) is 0 Å². The number of carbonyl (C=O) groups is 2. The van der Waals surface area contributed by atoms with E-state index in [1.54, 1.807) is 11.1 Å². The standard InChI is InChI=1S/C30H46O3/c1-18-8-10-23(33-26(18)32)19(2)20-12-16-30(7)22-9-11-24-27(3,4)25(31)14-15-28(24,5)21(22)13-17-29(20,30)6/h18-20,23-24H,8-17H2,1-7H3/t18-,19-,20+,23-,24?,28+,29+,30-/m0/s1. The van der Waals surface area contributed by atoms with Gasteiger partial charge in [0.05, 0.1) is 5.92 Å². The maximum atomic E-state index is 12.8. The highest BCUT2D eigenvalue weighted by molar-refractivity contribution is 5.85. The first-order valence-corrected chi connectivity index (χ1v) is 13.8. The molecule has 0 N–H and O–H groups in total. The smallest absolute Gasteiger partial charge is 0.308 e. The molecule has 1 saturated heterocycles. The lowest BCUT2D eigenvalue weighted by molar-refractivity contribution is -0.165. The average molecular weight is 455 g/mol. The van der Waals surface area contributed by atoms with Gasteiger partial charge in [-0.2, -0.15) is 0 Å². The zero-order chi connectivity index (χ0) is 24.0. The van der Waals surface area contributed by atoms with Gasteiger partial charge in [-0.1, -0.05) is 59.6 Å². The number of esters is 1. The number of ether oxygens (including phenoxy) is 1. The molecule has 0 spiro atoms. The van der Waals surface area contributed by atoms with E-state index < -0.39 is 0 Å². The quantitative estimate of drug-likeness (QED) is 0.325. The van der Waals surface area contributed by atoms with Crippen molar-refractivity contribution >= 4 is 11.8 Å². The summed E-state index contributed by atoms with van der Waals surface area (Å²) in [6.45, 7) is 16.5. The van der Waals surface area contributed by atoms with E-state index in [1.165, 1.54) is 32.1 Å². The molecule has 0 aromatic rings. The Morgan fingerprint density at radius 2 is 1.58 bits per heavy atom. The van der Waals surface area contributed by atoms with Crippen molar-refractivity contribution < 1.29 is 14.3 Å². The monoisotopic (exact) mass is 454 g/mol. The number of hydrogen-bond acceptors (Lipinski definition) is 3. The summed E-state index contributed by atoms with van der Waals surface area (Å²) in [5, 5.41) is 0. The minimum absolute atomic E-state index is 0.0124. The summed E-state index contributed by atoms with van der Waals surface area (Å²) in [5.41, 5.74) is 4.01. The van der Waals surface area contributed by atoms with Gasteiger partial charge >= 0.3 is 5.97 Å². The van der Waals surface area contributed by atoms with Crippen molar-refractivity contribution in [2.24, 2.45) is 45.3 Å². The number of rotatable bonds is 2. The molecule has 1 heterocycles. The fourth-order valence-electron chi connectivity index (χ4n) is 9.86. The first kappa shape index (κ1) is 23.6. The molecule has 3 nitrogen and oxygen atoms in total. The SMILES string of the molecule is C[C@H]([C@@H]1CC[C@H](C)C(=O)O1)[C@H]1CC[C@@]2(C)C3=C(CC[C@]12C)[C@@]1(C)CCC(=O)C(C)(C)C1CC3. The van der Waals surface area contributed by atoms with Crippen molar-refractivity contribution in [3.05, 3.63) is 11.1 Å². The highest BCUT2D eigenvalue weighted by Gasteiger charge is 2.64. The predicted molar refractivity (Wildman–Crippen MR) is 131 cm³/mol. The van der Waals surface area contributed by atoms with Crippen LogP contribution in [0.5, 0.6) is 0 Å². The molecule has 0 amide bonds. The Morgan fingerprint density at radius 1 is 0.848 bits per heavy atom. The van der Waals surface area contributed by atoms with Crippen LogP contribution in [0.25, 0.3) is 0 Å². The molecule has 5 aliphatic rings. The lowest BCUT2D eigenvalue weighted by atomic mass is 9.43. The first-order chi connectivity index (χ1) is 15.4. The van der Waals surface area contributed by atoms with Gasteiger partial charge in [-0.3, -0.25) is 9.59 Å². The molecule has 0 bridgehead atoms. The third kappa shape index (κ3) is 3.05. The van der Waals surface area contributed by atoms with Gasteiger partial charge in [0.2, 0.25) is 0 Å². The summed E-state index contributed by atoms with van der Waals surface area (Å²) in [6.07, 6.45) is 11.2. The normalized spacial score (nSPS) is 48.0. The number of carbonyl (C=O) groups excluding carboxylic acids is 2. The van der Waals surface area contributed by atoms with Crippen LogP contribution in [0.4, 0.5) is 0 Å². The van der Waals surface area contributed by atoms with Gasteiger partial charge in [0, 0.05) is 11.8 Å². The van der Waals surface area contributed by atoms with Gasteiger partial charge < -0.3 is 4.74 Å². The second-order valence-corrected chi connectivity index (χ2v) is 13.8. The van der Waals surface area contributed by atoms with Crippen molar-refractivity contribution in [3.63, 3.8) is 0 Å². The molecule has 2 saturated carbocycles. The molecule has 5 rings (SSSR count). The minimum Gasteiger partial charge on any atom is -0.462 e. The third-order valence-electron chi connectivity index (χ3n) is 12.3. The van der Waals surface area contributed by atoms with Gasteiger partial charge in [-0.15, -0.1) is 0 Å². The topological polar surface area (TPSA) is 43.4 Å². The number of cyclic esters (lactones) is 1. The number of fused-ring (bicyclic) bond motifs is 4. The van der Waals surface area contributed by atoms with Crippen molar-refractivity contribution in [3.8, 4) is 0 Å². The summed E-state index contributed by atoms with van der Waals surface area (Å²) < 4.78 is 5.97. The number of ketones is 1. The second-order valence-electron chi connectivity index (χ2n) is 13.8. The van der Waals surface area contributed by atoms with Crippen LogP contribution in [0.3, 0.4) is 0 Å². The molecule has 3 fully saturated rings. The Kier molecular flexibility index (Phi) is 5.32. The fourth-order valence-corrected chi connectivity index (χ4v) is 9.86. The minimum atomic E-state index is -0.193. The van der Waals surface area contributed by atoms with Crippen LogP contribution in [-0.4, -0.2) is 17.9 Å². The maximum absolute atomic E-state index is 12.8. The van der Waals surface area contributed by atoms with Gasteiger partial charge in [0.1, 0.15) is 11.9 Å². The Morgan fingerprint density at radius 3 is 2.27 bits per heavy atom. The largest absolute Gasteiger partial charge is 0.462 e. The van der Waals surface area contributed by atoms with Gasteiger partial charge in [-0.05, 0) is 91.8 Å². The van der Waals surface area contributed by atoms with Crippen LogP contribution in [0, 0.1) is 45.3 Å². The Balaban J connectivity index is 1.47. The van der Waals surface area contributed by atoms with Gasteiger partial charge in [-0.25, -0.2) is 0 Å². The fraction of sp³-hybridized carbons (Fsp3) is 0.867. The summed E-state index contributed by atoms with van der Waals surface area (Å²) in [6, 6.07) is 0. The Bertz CT molecular complexity index is 898. The molecule has 184 valence electrons. The molecular formula is C30H46O3. The van der Waals surface area contributed by atoms with Crippen molar-refractivity contribution in [1.82, 2.24) is 0 Å². The zero-order valence-corrected chi connectivity index (χ0v) is 22.2. The number of Topliss-reactive ketones (excluding diaryl/α,β-unsaturated/α-hetero) is 1. The lowest BCUT2D eigenvalue weighted by Crippen LogP contribution is -2.54. The van der Waals surface area contributed by atoms with E-state index in [2.05, 4.69) is 41.5 Å². The molecule has 8 atom stereocenters. The molecule has 3 heteroatoms. The van der Waals surface area contributed by atoms with Crippen LogP contribution in [0.2, 0.25) is 0 Å². The summed E-state index contributed by atoms with van der Waals surface area (Å²) in [7, 11) is 0. The van der Waals surface area contributed by atoms with Crippen molar-refractivity contribution in [2.45, 2.75) is 119 Å². The number of allylic oxidation sites excluding steroid dienone is 2. The van der Waals surface area contributed by atoms with E-state index in [0.717, 1.165) is 32.1 Å². The highest BCUT2D eigenvalue weighted by Crippen LogP contribution is 2.72. The first-order valence-electron chi connectivity index (χ1n) is 13.8. The van der Waals surface area contributed by atoms with E-state index in [-0.39, 0.29) is 39.7 Å². The van der Waals surface area contributed by atoms with Crippen LogP contribution in [0.15, 0.2) is 11.1 Å². The summed E-state index contributed by atoms with van der Waals surface area (Å²) in [4.78, 5) is 25.2. The van der Waals surface area contributed by atoms with E-state index in [0.29, 0.717) is 23.5 Å². The van der Waals surface area contributed by atoms with E-state index in [1.807, 2.05) is 6.92 Å². The van der Waals surface area contributed by atoms with Crippen LogP contribution in [-0.2, 0) is 14.3 Å². The molecule has 1 unspecified atom stereocenters. The molecule has 1 aliphatic heterocycles. The van der Waals surface area contributed by atoms with E-state index >= 15 is 0 Å². The summed E-state index contributed by atoms with van der Waals surface area (Å²) >= 11 is 0. The van der Waals surface area contributed by atoms with E-state index in [4.69, 9.17) is 4.74 Å². The third-order valence-corrected chi connectivity index (χ3v) is 12.3. The summed E-state index contributed by atoms with van der Waals surface area (Å²) in [5.74, 6) is 2.07. The molecule has 33 heavy (non-hydrogen) atoms. The van der Waals surface area contributed by atoms with Gasteiger partial charge in [0.15, 0.2) is 0 Å². The molecule has 0 aromatic carbocycles. The highest BCUT2D eigenvalue weighted by atomic mass is 16.5. The van der Waals surface area contributed by atoms with Crippen LogP contribution >= 0.6 is 0 Å². The molecular weight excluding hydrogens is 408 g/mol. The molecule has 0 aromatic heterocycles. The average Bonchev–Trinajstić information content (AvgIpc) is 3.04. The van der Waals surface area contributed by atoms with Crippen LogP contribution in [0.1, 0.15) is 113 Å². The van der Waals surface area contributed by atoms with Crippen LogP contribution < -0.4 is 0 Å². The second kappa shape index (κ2) is 7.44. The number of hydrogen-bond donors (Lipinski definition) is 0. The van der Waals surface area contributed by atoms with Gasteiger partial charge in [0.25, 0.3) is 0 Å². The Hall–Kier alpha value is -1.12. The predicted octanol–water partition coefficient (Wildman–Crippen LogP) is 7.28. The lowest BCUT2D eigenvalue weighted by Gasteiger charge is -2.61. The maximum Gasteiger partial charge on any atom is 0.308 e. The zero-order valence-electron chi connectivity index (χ0n) is 22.2. The van der Waals surface area contributed by atoms with E-state index in [9.17, 15) is 9.59 Å².